The van der Waals surface area contributed by atoms with E-state index in [1.807, 2.05) is 18.2 Å². The zero-order chi connectivity index (χ0) is 12.8. The van der Waals surface area contributed by atoms with Crippen molar-refractivity contribution >= 4 is 5.91 Å². The molecule has 1 atom stereocenters. The van der Waals surface area contributed by atoms with E-state index >= 15 is 0 Å². The van der Waals surface area contributed by atoms with Crippen LogP contribution in [0.25, 0.3) is 0 Å². The van der Waals surface area contributed by atoms with E-state index in [0.717, 1.165) is 30.5 Å². The maximum Gasteiger partial charge on any atom is 0.237 e. The molecule has 0 spiro atoms. The van der Waals surface area contributed by atoms with Crippen molar-refractivity contribution in [3.8, 4) is 0 Å². The number of carbonyl (C=O) groups excluding carboxylic acids is 1. The maximum atomic E-state index is 11.8. The molecule has 1 saturated heterocycles. The molecule has 0 aromatic heterocycles. The third kappa shape index (κ3) is 3.55. The zero-order valence-corrected chi connectivity index (χ0v) is 10.7. The summed E-state index contributed by atoms with van der Waals surface area (Å²) in [7, 11) is 1.68. The highest BCUT2D eigenvalue weighted by Gasteiger charge is 2.21. The average Bonchev–Trinajstić information content (AvgIpc) is 2.91. The largest absolute Gasteiger partial charge is 0.380 e. The van der Waals surface area contributed by atoms with E-state index in [1.165, 1.54) is 0 Å². The molecule has 0 bridgehead atoms. The lowest BCUT2D eigenvalue weighted by Gasteiger charge is -2.11. The van der Waals surface area contributed by atoms with Gasteiger partial charge in [-0.05, 0) is 30.5 Å². The molecular formula is C14H20N2O2. The van der Waals surface area contributed by atoms with E-state index < -0.39 is 0 Å². The standard InChI is InChI=1S/C14H20N2O2/c1-18-10-12-5-2-4-11(8-12)9-16-14(17)13-6-3-7-15-13/h2,4-5,8,13,15H,3,6-7,9-10H2,1H3,(H,16,17)/t13-/m0/s1. The van der Waals surface area contributed by atoms with Gasteiger partial charge in [0.1, 0.15) is 0 Å². The second-order valence-electron chi connectivity index (χ2n) is 4.62. The monoisotopic (exact) mass is 248 g/mol. The van der Waals surface area contributed by atoms with E-state index in [1.54, 1.807) is 7.11 Å². The molecule has 4 nitrogen and oxygen atoms in total. The van der Waals surface area contributed by atoms with Crippen LogP contribution in [0.4, 0.5) is 0 Å². The fourth-order valence-electron chi connectivity index (χ4n) is 2.22. The summed E-state index contributed by atoms with van der Waals surface area (Å²) in [5.74, 6) is 0.102. The van der Waals surface area contributed by atoms with E-state index in [2.05, 4.69) is 16.7 Å². The Morgan fingerprint density at radius 3 is 3.06 bits per heavy atom. The van der Waals surface area contributed by atoms with Crippen molar-refractivity contribution in [2.45, 2.75) is 32.0 Å². The van der Waals surface area contributed by atoms with Gasteiger partial charge in [-0.2, -0.15) is 0 Å². The van der Waals surface area contributed by atoms with Crippen molar-refractivity contribution in [1.82, 2.24) is 10.6 Å². The van der Waals surface area contributed by atoms with Gasteiger partial charge in [-0.15, -0.1) is 0 Å². The van der Waals surface area contributed by atoms with Crippen LogP contribution >= 0.6 is 0 Å². The number of nitrogens with one attached hydrogen (secondary N) is 2. The molecule has 4 heteroatoms. The number of rotatable bonds is 5. The lowest BCUT2D eigenvalue weighted by Crippen LogP contribution is -2.40. The Morgan fingerprint density at radius 1 is 1.50 bits per heavy atom. The quantitative estimate of drug-likeness (QED) is 0.823. The zero-order valence-electron chi connectivity index (χ0n) is 10.7. The molecule has 2 rings (SSSR count). The minimum Gasteiger partial charge on any atom is -0.380 e. The van der Waals surface area contributed by atoms with Crippen molar-refractivity contribution in [2.24, 2.45) is 0 Å². The summed E-state index contributed by atoms with van der Waals surface area (Å²) in [4.78, 5) is 11.8. The molecule has 1 aromatic carbocycles. The molecule has 1 aromatic rings. The number of hydrogen-bond acceptors (Lipinski definition) is 3. The van der Waals surface area contributed by atoms with Gasteiger partial charge in [0, 0.05) is 13.7 Å². The predicted molar refractivity (Wildman–Crippen MR) is 70.0 cm³/mol. The lowest BCUT2D eigenvalue weighted by molar-refractivity contribution is -0.122. The van der Waals surface area contributed by atoms with Crippen LogP contribution in [-0.2, 0) is 22.7 Å². The van der Waals surface area contributed by atoms with E-state index in [4.69, 9.17) is 4.74 Å². The molecule has 1 heterocycles. The molecule has 0 unspecified atom stereocenters. The topological polar surface area (TPSA) is 50.4 Å². The van der Waals surface area contributed by atoms with Crippen molar-refractivity contribution in [1.29, 1.82) is 0 Å². The number of hydrogen-bond donors (Lipinski definition) is 2. The molecule has 0 saturated carbocycles. The molecule has 18 heavy (non-hydrogen) atoms. The van der Waals surface area contributed by atoms with Gasteiger partial charge in [0.2, 0.25) is 5.91 Å². The van der Waals surface area contributed by atoms with Crippen LogP contribution in [0.1, 0.15) is 24.0 Å². The Morgan fingerprint density at radius 2 is 2.33 bits per heavy atom. The normalized spacial score (nSPS) is 18.8. The molecule has 0 aliphatic carbocycles. The first-order valence-electron chi connectivity index (χ1n) is 6.37. The van der Waals surface area contributed by atoms with Gasteiger partial charge < -0.3 is 15.4 Å². The fourth-order valence-corrected chi connectivity index (χ4v) is 2.22. The van der Waals surface area contributed by atoms with Crippen LogP contribution in [0.5, 0.6) is 0 Å². The minimum absolute atomic E-state index is 0.00726. The van der Waals surface area contributed by atoms with Gasteiger partial charge in [0.05, 0.1) is 12.6 Å². The summed E-state index contributed by atoms with van der Waals surface area (Å²) in [5, 5.41) is 6.16. The molecule has 1 aliphatic heterocycles. The third-order valence-electron chi connectivity index (χ3n) is 3.15. The summed E-state index contributed by atoms with van der Waals surface area (Å²) < 4.78 is 5.09. The Hall–Kier alpha value is -1.39. The SMILES string of the molecule is COCc1cccc(CNC(=O)[C@@H]2CCCN2)c1. The minimum atomic E-state index is -0.00726. The number of carbonyl (C=O) groups is 1. The van der Waals surface area contributed by atoms with Crippen LogP contribution in [0.15, 0.2) is 24.3 Å². The van der Waals surface area contributed by atoms with Crippen molar-refractivity contribution in [3.63, 3.8) is 0 Å². The highest BCUT2D eigenvalue weighted by molar-refractivity contribution is 5.81. The second kappa shape index (κ2) is 6.52. The molecule has 1 amide bonds. The third-order valence-corrected chi connectivity index (χ3v) is 3.15. The van der Waals surface area contributed by atoms with Crippen molar-refractivity contribution in [2.75, 3.05) is 13.7 Å². The summed E-state index contributed by atoms with van der Waals surface area (Å²) in [6.45, 7) is 2.13. The van der Waals surface area contributed by atoms with Gasteiger partial charge in [0.25, 0.3) is 0 Å². The van der Waals surface area contributed by atoms with Gasteiger partial charge in [-0.1, -0.05) is 24.3 Å². The summed E-state index contributed by atoms with van der Waals surface area (Å²) >= 11 is 0. The Labute approximate surface area is 108 Å². The highest BCUT2D eigenvalue weighted by Crippen LogP contribution is 2.08. The van der Waals surface area contributed by atoms with E-state index in [-0.39, 0.29) is 11.9 Å². The molecular weight excluding hydrogens is 228 g/mol. The molecule has 0 radical (unpaired) electrons. The van der Waals surface area contributed by atoms with Gasteiger partial charge in [-0.3, -0.25) is 4.79 Å². The molecule has 98 valence electrons. The maximum absolute atomic E-state index is 11.8. The lowest BCUT2D eigenvalue weighted by atomic mass is 10.1. The number of benzene rings is 1. The highest BCUT2D eigenvalue weighted by atomic mass is 16.5. The van der Waals surface area contributed by atoms with Crippen molar-refractivity contribution < 1.29 is 9.53 Å². The Balaban J connectivity index is 1.85. The molecule has 1 aliphatic rings. The van der Waals surface area contributed by atoms with Gasteiger partial charge in [0.15, 0.2) is 0 Å². The first-order chi connectivity index (χ1) is 8.79. The first-order valence-corrected chi connectivity index (χ1v) is 6.37. The Bertz CT molecular complexity index is 401. The first kappa shape index (κ1) is 13.1. The van der Waals surface area contributed by atoms with Crippen LogP contribution < -0.4 is 10.6 Å². The predicted octanol–water partition coefficient (Wildman–Crippen LogP) is 1.20. The number of ether oxygens (including phenoxy) is 1. The Kier molecular flexibility index (Phi) is 4.73. The average molecular weight is 248 g/mol. The van der Waals surface area contributed by atoms with Gasteiger partial charge >= 0.3 is 0 Å². The number of methoxy groups -OCH3 is 1. The second-order valence-corrected chi connectivity index (χ2v) is 4.62. The molecule has 2 N–H and O–H groups in total. The number of amides is 1. The van der Waals surface area contributed by atoms with Crippen LogP contribution in [-0.4, -0.2) is 25.6 Å². The molecule has 1 fully saturated rings. The summed E-state index contributed by atoms with van der Waals surface area (Å²) in [6, 6.07) is 8.08. The van der Waals surface area contributed by atoms with E-state index in [9.17, 15) is 4.79 Å². The van der Waals surface area contributed by atoms with E-state index in [0.29, 0.717) is 13.2 Å². The fraction of sp³-hybridized carbons (Fsp3) is 0.500. The van der Waals surface area contributed by atoms with Crippen LogP contribution in [0, 0.1) is 0 Å². The van der Waals surface area contributed by atoms with Crippen molar-refractivity contribution in [3.05, 3.63) is 35.4 Å². The van der Waals surface area contributed by atoms with Crippen LogP contribution in [0.2, 0.25) is 0 Å². The smallest absolute Gasteiger partial charge is 0.237 e. The van der Waals surface area contributed by atoms with Crippen LogP contribution in [0.3, 0.4) is 0 Å². The van der Waals surface area contributed by atoms with Gasteiger partial charge in [-0.25, -0.2) is 0 Å². The summed E-state index contributed by atoms with van der Waals surface area (Å²) in [5.41, 5.74) is 2.24. The summed E-state index contributed by atoms with van der Waals surface area (Å²) in [6.07, 6.45) is 2.02.